The van der Waals surface area contributed by atoms with Crippen LogP contribution in [0.3, 0.4) is 0 Å². The van der Waals surface area contributed by atoms with E-state index in [1.54, 1.807) is 17.7 Å². The first-order chi connectivity index (χ1) is 8.09. The van der Waals surface area contributed by atoms with Crippen LogP contribution in [-0.2, 0) is 6.42 Å². The second-order valence-corrected chi connectivity index (χ2v) is 4.25. The maximum atomic E-state index is 11.7. The number of aliphatic hydroxyl groups is 1. The monoisotopic (exact) mass is 232 g/mol. The summed E-state index contributed by atoms with van der Waals surface area (Å²) in [7, 11) is 0. The van der Waals surface area contributed by atoms with E-state index in [2.05, 4.69) is 4.98 Å². The van der Waals surface area contributed by atoms with E-state index >= 15 is 0 Å². The van der Waals surface area contributed by atoms with Gasteiger partial charge in [-0.25, -0.2) is 4.79 Å². The Bertz CT molecular complexity index is 567. The number of aryl methyl sites for hydroxylation is 1. The van der Waals surface area contributed by atoms with Crippen molar-refractivity contribution in [2.24, 2.45) is 0 Å². The summed E-state index contributed by atoms with van der Waals surface area (Å²) in [6, 6.07) is 7.62. The van der Waals surface area contributed by atoms with E-state index in [1.807, 2.05) is 31.2 Å². The highest BCUT2D eigenvalue weighted by Gasteiger charge is 2.10. The van der Waals surface area contributed by atoms with Crippen LogP contribution in [0.15, 0.2) is 35.3 Å². The van der Waals surface area contributed by atoms with Gasteiger partial charge in [-0.3, -0.25) is 4.57 Å². The summed E-state index contributed by atoms with van der Waals surface area (Å²) in [5.74, 6) is 0. The lowest BCUT2D eigenvalue weighted by Gasteiger charge is -2.12. The van der Waals surface area contributed by atoms with Gasteiger partial charge in [0.1, 0.15) is 0 Å². The van der Waals surface area contributed by atoms with Gasteiger partial charge in [0.2, 0.25) is 0 Å². The van der Waals surface area contributed by atoms with Gasteiger partial charge >= 0.3 is 5.69 Å². The number of benzene rings is 1. The Morgan fingerprint density at radius 1 is 1.41 bits per heavy atom. The topological polar surface area (TPSA) is 58.0 Å². The summed E-state index contributed by atoms with van der Waals surface area (Å²) in [4.78, 5) is 14.4. The highest BCUT2D eigenvalue weighted by molar-refractivity contribution is 5.42. The van der Waals surface area contributed by atoms with Crippen LogP contribution in [0.2, 0.25) is 0 Å². The molecule has 0 aliphatic heterocycles. The van der Waals surface area contributed by atoms with Crippen molar-refractivity contribution in [2.75, 3.05) is 0 Å². The van der Waals surface area contributed by atoms with Crippen molar-refractivity contribution < 1.29 is 5.11 Å². The van der Waals surface area contributed by atoms with E-state index < -0.39 is 6.10 Å². The quantitative estimate of drug-likeness (QED) is 0.840. The number of nitrogens with one attached hydrogen (secondary N) is 1. The van der Waals surface area contributed by atoms with Crippen LogP contribution < -0.4 is 5.69 Å². The van der Waals surface area contributed by atoms with E-state index in [0.29, 0.717) is 6.42 Å². The molecule has 2 aromatic rings. The summed E-state index contributed by atoms with van der Waals surface area (Å²) >= 11 is 0. The van der Waals surface area contributed by atoms with Crippen LogP contribution in [-0.4, -0.2) is 20.8 Å². The number of rotatable bonds is 3. The molecule has 4 nitrogen and oxygen atoms in total. The van der Waals surface area contributed by atoms with Gasteiger partial charge in [0.25, 0.3) is 0 Å². The fourth-order valence-electron chi connectivity index (χ4n) is 1.97. The Morgan fingerprint density at radius 3 is 2.71 bits per heavy atom. The number of para-hydroxylation sites is 1. The van der Waals surface area contributed by atoms with Crippen molar-refractivity contribution >= 4 is 0 Å². The van der Waals surface area contributed by atoms with E-state index in [1.165, 1.54) is 0 Å². The Balaban J connectivity index is 2.56. The number of aromatic amines is 1. The number of hydrogen-bond donors (Lipinski definition) is 2. The molecule has 0 bridgehead atoms. The zero-order chi connectivity index (χ0) is 12.4. The highest BCUT2D eigenvalue weighted by Crippen LogP contribution is 2.16. The second kappa shape index (κ2) is 4.59. The summed E-state index contributed by atoms with van der Waals surface area (Å²) in [6.07, 6.45) is 1.79. The summed E-state index contributed by atoms with van der Waals surface area (Å²) < 4.78 is 1.62. The summed E-state index contributed by atoms with van der Waals surface area (Å²) in [5, 5.41) is 9.47. The standard InChI is InChI=1S/C13H16N2O2/c1-9-8-14-13(17)15(9)12-6-4-3-5-11(12)7-10(2)16/h3-6,8,10,16H,7H2,1-2H3,(H,14,17). The Morgan fingerprint density at radius 2 is 2.12 bits per heavy atom. The summed E-state index contributed by atoms with van der Waals surface area (Å²) in [6.45, 7) is 3.61. The van der Waals surface area contributed by atoms with E-state index in [9.17, 15) is 9.90 Å². The molecule has 0 amide bonds. The molecule has 0 aliphatic rings. The van der Waals surface area contributed by atoms with Crippen molar-refractivity contribution in [3.63, 3.8) is 0 Å². The molecular formula is C13H16N2O2. The molecule has 90 valence electrons. The fourth-order valence-corrected chi connectivity index (χ4v) is 1.97. The molecule has 0 aliphatic carbocycles. The molecule has 0 saturated carbocycles. The van der Waals surface area contributed by atoms with Crippen LogP contribution in [0.4, 0.5) is 0 Å². The Labute approximate surface area is 99.5 Å². The predicted molar refractivity (Wildman–Crippen MR) is 66.5 cm³/mol. The molecule has 0 radical (unpaired) electrons. The number of aromatic nitrogens is 2. The smallest absolute Gasteiger partial charge is 0.330 e. The third-order valence-corrected chi connectivity index (χ3v) is 2.71. The van der Waals surface area contributed by atoms with Gasteiger partial charge in [-0.2, -0.15) is 0 Å². The second-order valence-electron chi connectivity index (χ2n) is 4.25. The number of nitrogens with zero attached hydrogens (tertiary/aromatic N) is 1. The molecule has 1 unspecified atom stereocenters. The maximum Gasteiger partial charge on any atom is 0.330 e. The molecule has 4 heteroatoms. The Hall–Kier alpha value is -1.81. The number of hydrogen-bond acceptors (Lipinski definition) is 2. The molecular weight excluding hydrogens is 216 g/mol. The van der Waals surface area contributed by atoms with Crippen LogP contribution in [0.25, 0.3) is 5.69 Å². The average Bonchev–Trinajstić information content (AvgIpc) is 2.59. The molecule has 0 fully saturated rings. The third-order valence-electron chi connectivity index (χ3n) is 2.71. The minimum absolute atomic E-state index is 0.152. The first-order valence-electron chi connectivity index (χ1n) is 5.63. The van der Waals surface area contributed by atoms with Crippen LogP contribution in [0, 0.1) is 6.92 Å². The maximum absolute atomic E-state index is 11.7. The van der Waals surface area contributed by atoms with Crippen molar-refractivity contribution in [1.82, 2.24) is 9.55 Å². The van der Waals surface area contributed by atoms with Gasteiger partial charge in [0.15, 0.2) is 0 Å². The lowest BCUT2D eigenvalue weighted by molar-refractivity contribution is 0.195. The first kappa shape index (κ1) is 11.7. The van der Waals surface area contributed by atoms with Gasteiger partial charge in [-0.15, -0.1) is 0 Å². The molecule has 1 atom stereocenters. The van der Waals surface area contributed by atoms with Gasteiger partial charge in [-0.1, -0.05) is 18.2 Å². The molecule has 1 aromatic heterocycles. The predicted octanol–water partition coefficient (Wildman–Crippen LogP) is 1.40. The SMILES string of the molecule is Cc1c[nH]c(=O)n1-c1ccccc1CC(C)O. The molecule has 17 heavy (non-hydrogen) atoms. The van der Waals surface area contributed by atoms with Crippen LogP contribution >= 0.6 is 0 Å². The normalized spacial score (nSPS) is 12.6. The number of imidazole rings is 1. The van der Waals surface area contributed by atoms with E-state index in [-0.39, 0.29) is 5.69 Å². The zero-order valence-corrected chi connectivity index (χ0v) is 9.97. The molecule has 2 rings (SSSR count). The largest absolute Gasteiger partial charge is 0.393 e. The van der Waals surface area contributed by atoms with Gasteiger partial charge < -0.3 is 10.1 Å². The molecule has 1 heterocycles. The highest BCUT2D eigenvalue weighted by atomic mass is 16.3. The van der Waals surface area contributed by atoms with Crippen LogP contribution in [0.5, 0.6) is 0 Å². The minimum atomic E-state index is -0.425. The van der Waals surface area contributed by atoms with Gasteiger partial charge in [0.05, 0.1) is 11.8 Å². The van der Waals surface area contributed by atoms with Gasteiger partial charge in [0, 0.05) is 18.3 Å². The number of H-pyrrole nitrogens is 1. The Kier molecular flexibility index (Phi) is 3.15. The zero-order valence-electron chi connectivity index (χ0n) is 9.97. The van der Waals surface area contributed by atoms with Crippen LogP contribution in [0.1, 0.15) is 18.2 Å². The first-order valence-corrected chi connectivity index (χ1v) is 5.63. The summed E-state index contributed by atoms with van der Waals surface area (Å²) in [5.41, 5.74) is 2.50. The third kappa shape index (κ3) is 2.31. The van der Waals surface area contributed by atoms with Crippen molar-refractivity contribution in [1.29, 1.82) is 0 Å². The lowest BCUT2D eigenvalue weighted by atomic mass is 10.1. The van der Waals surface area contributed by atoms with Crippen molar-refractivity contribution in [2.45, 2.75) is 26.4 Å². The van der Waals surface area contributed by atoms with Crippen molar-refractivity contribution in [3.8, 4) is 5.69 Å². The van der Waals surface area contributed by atoms with E-state index in [0.717, 1.165) is 16.9 Å². The molecule has 2 N–H and O–H groups in total. The lowest BCUT2D eigenvalue weighted by Crippen LogP contribution is -2.18. The molecule has 0 spiro atoms. The minimum Gasteiger partial charge on any atom is -0.393 e. The fraction of sp³-hybridized carbons (Fsp3) is 0.308. The number of aliphatic hydroxyl groups excluding tert-OH is 1. The molecule has 1 aromatic carbocycles. The van der Waals surface area contributed by atoms with E-state index in [4.69, 9.17) is 0 Å². The van der Waals surface area contributed by atoms with Gasteiger partial charge in [-0.05, 0) is 25.5 Å². The molecule has 0 saturated heterocycles. The van der Waals surface area contributed by atoms with Crippen molar-refractivity contribution in [3.05, 3.63) is 52.2 Å². The average molecular weight is 232 g/mol.